The van der Waals surface area contributed by atoms with Crippen LogP contribution in [0.3, 0.4) is 0 Å². The molecule has 8 nitrogen and oxygen atoms in total. The van der Waals surface area contributed by atoms with E-state index < -0.39 is 35.9 Å². The molecular formula is C20H30BN3O5. The average molecular weight is 403 g/mol. The number of amides is 1. The van der Waals surface area contributed by atoms with Gasteiger partial charge in [-0.15, -0.1) is 0 Å². The monoisotopic (exact) mass is 403 g/mol. The molecule has 0 spiro atoms. The Labute approximate surface area is 172 Å². The van der Waals surface area contributed by atoms with Gasteiger partial charge in [0.15, 0.2) is 0 Å². The minimum absolute atomic E-state index is 0.0423. The van der Waals surface area contributed by atoms with Gasteiger partial charge in [-0.3, -0.25) is 4.79 Å². The normalized spacial score (nSPS) is 23.3. The molecule has 2 aliphatic heterocycles. The van der Waals surface area contributed by atoms with Crippen LogP contribution in [0.5, 0.6) is 0 Å². The van der Waals surface area contributed by atoms with Crippen LogP contribution < -0.4 is 5.46 Å². The standard InChI is InChI=1S/C20H30BN3O5/c1-18(2,3)27-17(26)14-9-8-10-24(14)16(25)15-22-11-13(12-23-15)21-28-19(4,5)20(6,7)29-21/h11-12,14H,8-10H2,1-7H3/t14-/m1/s1. The first-order chi connectivity index (χ1) is 13.3. The maximum Gasteiger partial charge on any atom is 0.498 e. The highest BCUT2D eigenvalue weighted by Crippen LogP contribution is 2.36. The van der Waals surface area contributed by atoms with Crippen LogP contribution in [0.25, 0.3) is 0 Å². The lowest BCUT2D eigenvalue weighted by Crippen LogP contribution is -2.44. The molecule has 29 heavy (non-hydrogen) atoms. The number of nitrogens with zero attached hydrogens (tertiary/aromatic N) is 3. The SMILES string of the molecule is CC(C)(C)OC(=O)[C@H]1CCCN1C(=O)c1ncc(B2OC(C)(C)C(C)(C)O2)cn1. The van der Waals surface area contributed by atoms with Crippen molar-refractivity contribution in [1.29, 1.82) is 0 Å². The summed E-state index contributed by atoms with van der Waals surface area (Å²) in [7, 11) is -0.592. The van der Waals surface area contributed by atoms with Crippen molar-refractivity contribution in [3.8, 4) is 0 Å². The quantitative estimate of drug-likeness (QED) is 0.561. The van der Waals surface area contributed by atoms with Crippen molar-refractivity contribution < 1.29 is 23.6 Å². The molecule has 1 atom stereocenters. The molecule has 2 fully saturated rings. The second-order valence-corrected chi connectivity index (χ2v) is 9.62. The Morgan fingerprint density at radius 1 is 1.14 bits per heavy atom. The summed E-state index contributed by atoms with van der Waals surface area (Å²) in [6.07, 6.45) is 4.40. The highest BCUT2D eigenvalue weighted by molar-refractivity contribution is 6.61. The fourth-order valence-corrected chi connectivity index (χ4v) is 3.30. The molecule has 0 N–H and O–H groups in total. The molecule has 9 heteroatoms. The van der Waals surface area contributed by atoms with Gasteiger partial charge in [-0.25, -0.2) is 14.8 Å². The highest BCUT2D eigenvalue weighted by atomic mass is 16.7. The number of hydrogen-bond donors (Lipinski definition) is 0. The lowest BCUT2D eigenvalue weighted by Gasteiger charge is -2.32. The van der Waals surface area contributed by atoms with E-state index >= 15 is 0 Å². The average Bonchev–Trinajstić information content (AvgIpc) is 3.16. The molecule has 3 heterocycles. The van der Waals surface area contributed by atoms with Crippen molar-refractivity contribution in [2.45, 2.75) is 84.2 Å². The van der Waals surface area contributed by atoms with Crippen molar-refractivity contribution in [3.63, 3.8) is 0 Å². The molecule has 0 aliphatic carbocycles. The van der Waals surface area contributed by atoms with Gasteiger partial charge >= 0.3 is 13.1 Å². The zero-order chi connectivity index (χ0) is 21.6. The Balaban J connectivity index is 1.71. The number of aromatic nitrogens is 2. The van der Waals surface area contributed by atoms with Crippen LogP contribution in [0.4, 0.5) is 0 Å². The maximum absolute atomic E-state index is 12.9. The summed E-state index contributed by atoms with van der Waals surface area (Å²) < 4.78 is 17.4. The number of carbonyl (C=O) groups is 2. The van der Waals surface area contributed by atoms with Crippen LogP contribution in [0.15, 0.2) is 12.4 Å². The van der Waals surface area contributed by atoms with Gasteiger partial charge in [0.05, 0.1) is 11.2 Å². The van der Waals surface area contributed by atoms with E-state index in [0.717, 1.165) is 6.42 Å². The lowest BCUT2D eigenvalue weighted by atomic mass is 9.81. The molecule has 0 radical (unpaired) electrons. The van der Waals surface area contributed by atoms with Gasteiger partial charge in [0, 0.05) is 24.4 Å². The molecule has 0 aromatic carbocycles. The molecular weight excluding hydrogens is 373 g/mol. The third-order valence-corrected chi connectivity index (χ3v) is 5.58. The predicted molar refractivity (Wildman–Crippen MR) is 108 cm³/mol. The minimum atomic E-state index is -0.604. The molecule has 1 amide bonds. The van der Waals surface area contributed by atoms with E-state index in [1.54, 1.807) is 12.4 Å². The lowest BCUT2D eigenvalue weighted by molar-refractivity contribution is -0.159. The van der Waals surface area contributed by atoms with Gasteiger partial charge in [-0.05, 0) is 61.3 Å². The smallest absolute Gasteiger partial charge is 0.458 e. The topological polar surface area (TPSA) is 90.9 Å². The zero-order valence-corrected chi connectivity index (χ0v) is 18.3. The summed E-state index contributed by atoms with van der Waals surface area (Å²) >= 11 is 0. The predicted octanol–water partition coefficient (Wildman–Crippen LogP) is 1.72. The molecule has 2 saturated heterocycles. The molecule has 158 valence electrons. The van der Waals surface area contributed by atoms with Crippen LogP contribution >= 0.6 is 0 Å². The molecule has 0 bridgehead atoms. The number of carbonyl (C=O) groups excluding carboxylic acids is 2. The summed E-state index contributed by atoms with van der Waals surface area (Å²) in [6, 6.07) is -0.604. The van der Waals surface area contributed by atoms with Crippen LogP contribution in [-0.4, -0.2) is 63.3 Å². The Morgan fingerprint density at radius 2 is 1.69 bits per heavy atom. The van der Waals surface area contributed by atoms with E-state index in [1.165, 1.54) is 4.90 Å². The van der Waals surface area contributed by atoms with Gasteiger partial charge < -0.3 is 18.9 Å². The third kappa shape index (κ3) is 4.45. The Kier molecular flexibility index (Phi) is 5.51. The molecule has 0 saturated carbocycles. The molecule has 3 rings (SSSR count). The van der Waals surface area contributed by atoms with Gasteiger partial charge in [0.2, 0.25) is 5.82 Å². The summed E-state index contributed by atoms with van der Waals surface area (Å²) in [5.41, 5.74) is -0.898. The number of esters is 1. The van der Waals surface area contributed by atoms with Crippen molar-refractivity contribution in [3.05, 3.63) is 18.2 Å². The van der Waals surface area contributed by atoms with E-state index in [2.05, 4.69) is 9.97 Å². The third-order valence-electron chi connectivity index (χ3n) is 5.58. The van der Waals surface area contributed by atoms with Gasteiger partial charge in [0.1, 0.15) is 11.6 Å². The first-order valence-electron chi connectivity index (χ1n) is 10.0. The molecule has 1 aromatic heterocycles. The summed E-state index contributed by atoms with van der Waals surface area (Å²) in [6.45, 7) is 13.8. The van der Waals surface area contributed by atoms with Crippen molar-refractivity contribution in [2.75, 3.05) is 6.54 Å². The fraction of sp³-hybridized carbons (Fsp3) is 0.700. The second kappa shape index (κ2) is 7.36. The second-order valence-electron chi connectivity index (χ2n) is 9.62. The van der Waals surface area contributed by atoms with Gasteiger partial charge in [0.25, 0.3) is 5.91 Å². The van der Waals surface area contributed by atoms with E-state index in [9.17, 15) is 9.59 Å². The van der Waals surface area contributed by atoms with Crippen LogP contribution in [0.2, 0.25) is 0 Å². The van der Waals surface area contributed by atoms with Gasteiger partial charge in [-0.2, -0.15) is 0 Å². The summed E-state index contributed by atoms with van der Waals surface area (Å²) in [5, 5.41) is 0. The highest BCUT2D eigenvalue weighted by Gasteiger charge is 2.52. The van der Waals surface area contributed by atoms with Crippen LogP contribution in [-0.2, 0) is 18.8 Å². The molecule has 1 aromatic rings. The maximum atomic E-state index is 12.9. The number of hydrogen-bond acceptors (Lipinski definition) is 7. The van der Waals surface area contributed by atoms with E-state index in [4.69, 9.17) is 14.0 Å². The molecule has 0 unspecified atom stereocenters. The van der Waals surface area contributed by atoms with Crippen LogP contribution in [0, 0.1) is 0 Å². The fourth-order valence-electron chi connectivity index (χ4n) is 3.30. The van der Waals surface area contributed by atoms with E-state index in [1.807, 2.05) is 48.5 Å². The summed E-state index contributed by atoms with van der Waals surface area (Å²) in [5.74, 6) is -0.725. The van der Waals surface area contributed by atoms with Crippen molar-refractivity contribution in [1.82, 2.24) is 14.9 Å². The number of ether oxygens (including phenoxy) is 1. The van der Waals surface area contributed by atoms with Crippen molar-refractivity contribution in [2.24, 2.45) is 0 Å². The largest absolute Gasteiger partial charge is 0.498 e. The number of likely N-dealkylation sites (tertiary alicyclic amines) is 1. The minimum Gasteiger partial charge on any atom is -0.458 e. The zero-order valence-electron chi connectivity index (χ0n) is 18.3. The van der Waals surface area contributed by atoms with E-state index in [-0.39, 0.29) is 11.7 Å². The Bertz CT molecular complexity index is 772. The van der Waals surface area contributed by atoms with E-state index in [0.29, 0.717) is 18.4 Å². The summed E-state index contributed by atoms with van der Waals surface area (Å²) in [4.78, 5) is 35.3. The van der Waals surface area contributed by atoms with Gasteiger partial charge in [-0.1, -0.05) is 0 Å². The Hall–Kier alpha value is -2.00. The Morgan fingerprint density at radius 3 is 2.21 bits per heavy atom. The first-order valence-corrected chi connectivity index (χ1v) is 10.0. The number of rotatable bonds is 3. The molecule has 2 aliphatic rings. The first kappa shape index (κ1) is 21.7. The van der Waals surface area contributed by atoms with Crippen molar-refractivity contribution >= 4 is 24.5 Å². The van der Waals surface area contributed by atoms with Crippen LogP contribution in [0.1, 0.15) is 71.9 Å².